The molecular formula is C17H18Cl2N2OS. The Labute approximate surface area is 151 Å². The molecule has 3 nitrogen and oxygen atoms in total. The molecule has 0 unspecified atom stereocenters. The van der Waals surface area contributed by atoms with Crippen LogP contribution < -0.4 is 15.4 Å². The summed E-state index contributed by atoms with van der Waals surface area (Å²) in [6, 6.07) is 13.5. The van der Waals surface area contributed by atoms with Gasteiger partial charge < -0.3 is 15.4 Å². The van der Waals surface area contributed by atoms with Crippen molar-refractivity contribution < 1.29 is 4.74 Å². The summed E-state index contributed by atoms with van der Waals surface area (Å²) in [5.74, 6) is 0.844. The van der Waals surface area contributed by atoms with Crippen LogP contribution in [0.4, 0.5) is 0 Å². The number of rotatable bonds is 6. The number of halogens is 2. The molecular weight excluding hydrogens is 351 g/mol. The minimum atomic E-state index is 0.569. The SMILES string of the molecule is COc1ccc(CNC(=S)NCCc2ccc(Cl)c(Cl)c2)cc1. The van der Waals surface area contributed by atoms with Crippen molar-refractivity contribution >= 4 is 40.5 Å². The second-order valence-electron chi connectivity index (χ2n) is 4.96. The van der Waals surface area contributed by atoms with Gasteiger partial charge in [0, 0.05) is 13.1 Å². The van der Waals surface area contributed by atoms with Crippen molar-refractivity contribution in [2.75, 3.05) is 13.7 Å². The molecule has 0 saturated heterocycles. The smallest absolute Gasteiger partial charge is 0.166 e. The Hall–Kier alpha value is -1.49. The Kier molecular flexibility index (Phi) is 6.96. The van der Waals surface area contributed by atoms with E-state index in [0.29, 0.717) is 21.7 Å². The van der Waals surface area contributed by atoms with Gasteiger partial charge in [-0.3, -0.25) is 0 Å². The molecule has 0 spiro atoms. The molecule has 0 heterocycles. The third-order valence-electron chi connectivity index (χ3n) is 3.30. The second kappa shape index (κ2) is 8.96. The van der Waals surface area contributed by atoms with Crippen molar-refractivity contribution in [1.82, 2.24) is 10.6 Å². The van der Waals surface area contributed by atoms with Crippen LogP contribution in [0.25, 0.3) is 0 Å². The Morgan fingerprint density at radius 3 is 2.35 bits per heavy atom. The average Bonchev–Trinajstić information content (AvgIpc) is 2.56. The van der Waals surface area contributed by atoms with E-state index in [1.165, 1.54) is 0 Å². The monoisotopic (exact) mass is 368 g/mol. The number of benzene rings is 2. The zero-order valence-electron chi connectivity index (χ0n) is 12.7. The molecule has 0 atom stereocenters. The van der Waals surface area contributed by atoms with Gasteiger partial charge in [-0.05, 0) is 54.0 Å². The molecule has 0 bridgehead atoms. The molecule has 2 rings (SSSR count). The van der Waals surface area contributed by atoms with Crippen LogP contribution >= 0.6 is 35.4 Å². The molecule has 6 heteroatoms. The molecule has 0 radical (unpaired) electrons. The lowest BCUT2D eigenvalue weighted by Gasteiger charge is -2.11. The quantitative estimate of drug-likeness (QED) is 0.748. The van der Waals surface area contributed by atoms with Gasteiger partial charge in [0.05, 0.1) is 17.2 Å². The van der Waals surface area contributed by atoms with Gasteiger partial charge in [-0.1, -0.05) is 41.4 Å². The van der Waals surface area contributed by atoms with E-state index in [4.69, 9.17) is 40.2 Å². The Morgan fingerprint density at radius 2 is 1.70 bits per heavy atom. The van der Waals surface area contributed by atoms with Gasteiger partial charge in [-0.15, -0.1) is 0 Å². The van der Waals surface area contributed by atoms with E-state index in [2.05, 4.69) is 10.6 Å². The Bertz CT molecular complexity index is 662. The van der Waals surface area contributed by atoms with E-state index in [9.17, 15) is 0 Å². The lowest BCUT2D eigenvalue weighted by Crippen LogP contribution is -2.35. The largest absolute Gasteiger partial charge is 0.497 e. The number of thiocarbonyl (C=S) groups is 1. The fraction of sp³-hybridized carbons (Fsp3) is 0.235. The topological polar surface area (TPSA) is 33.3 Å². The third kappa shape index (κ3) is 5.90. The van der Waals surface area contributed by atoms with Gasteiger partial charge in [0.25, 0.3) is 0 Å². The van der Waals surface area contributed by atoms with Crippen LogP contribution in [-0.2, 0) is 13.0 Å². The zero-order chi connectivity index (χ0) is 16.7. The fourth-order valence-corrected chi connectivity index (χ4v) is 2.50. The first kappa shape index (κ1) is 17.9. The number of hydrogen-bond acceptors (Lipinski definition) is 2. The highest BCUT2D eigenvalue weighted by atomic mass is 35.5. The van der Waals surface area contributed by atoms with Crippen molar-refractivity contribution in [3.05, 3.63) is 63.6 Å². The van der Waals surface area contributed by atoms with Gasteiger partial charge in [-0.25, -0.2) is 0 Å². The molecule has 0 fully saturated rings. The van der Waals surface area contributed by atoms with Gasteiger partial charge in [0.2, 0.25) is 0 Å². The maximum Gasteiger partial charge on any atom is 0.166 e. The molecule has 23 heavy (non-hydrogen) atoms. The summed E-state index contributed by atoms with van der Waals surface area (Å²) in [7, 11) is 1.65. The van der Waals surface area contributed by atoms with Gasteiger partial charge in [-0.2, -0.15) is 0 Å². The highest BCUT2D eigenvalue weighted by Gasteiger charge is 2.01. The lowest BCUT2D eigenvalue weighted by molar-refractivity contribution is 0.414. The highest BCUT2D eigenvalue weighted by Crippen LogP contribution is 2.22. The summed E-state index contributed by atoms with van der Waals surface area (Å²) in [4.78, 5) is 0. The van der Waals surface area contributed by atoms with Crippen LogP contribution in [0.5, 0.6) is 5.75 Å². The van der Waals surface area contributed by atoms with Crippen molar-refractivity contribution in [2.45, 2.75) is 13.0 Å². The molecule has 122 valence electrons. The van der Waals surface area contributed by atoms with Crippen LogP contribution in [0, 0.1) is 0 Å². The summed E-state index contributed by atoms with van der Waals surface area (Å²) in [5.41, 5.74) is 2.25. The van der Waals surface area contributed by atoms with Crippen LogP contribution in [0.1, 0.15) is 11.1 Å². The predicted octanol–water partition coefficient (Wildman–Crippen LogP) is 4.21. The Morgan fingerprint density at radius 1 is 1.00 bits per heavy atom. The van der Waals surface area contributed by atoms with Crippen molar-refractivity contribution in [1.29, 1.82) is 0 Å². The average molecular weight is 369 g/mol. The number of methoxy groups -OCH3 is 1. The number of hydrogen-bond donors (Lipinski definition) is 2. The van der Waals surface area contributed by atoms with E-state index < -0.39 is 0 Å². The molecule has 2 aromatic carbocycles. The van der Waals surface area contributed by atoms with E-state index in [1.807, 2.05) is 36.4 Å². The van der Waals surface area contributed by atoms with Crippen LogP contribution in [0.2, 0.25) is 10.0 Å². The zero-order valence-corrected chi connectivity index (χ0v) is 15.1. The summed E-state index contributed by atoms with van der Waals surface area (Å²) < 4.78 is 5.13. The van der Waals surface area contributed by atoms with Gasteiger partial charge in [0.1, 0.15) is 5.75 Å². The summed E-state index contributed by atoms with van der Waals surface area (Å²) >= 11 is 17.2. The maximum absolute atomic E-state index is 6.00. The van der Waals surface area contributed by atoms with Crippen molar-refractivity contribution in [2.24, 2.45) is 0 Å². The first-order valence-electron chi connectivity index (χ1n) is 7.17. The minimum absolute atomic E-state index is 0.569. The first-order chi connectivity index (χ1) is 11.1. The maximum atomic E-state index is 6.00. The van der Waals surface area contributed by atoms with Crippen LogP contribution in [0.15, 0.2) is 42.5 Å². The predicted molar refractivity (Wildman–Crippen MR) is 101 cm³/mol. The molecule has 0 aliphatic rings. The van der Waals surface area contributed by atoms with Gasteiger partial charge in [0.15, 0.2) is 5.11 Å². The van der Waals surface area contributed by atoms with E-state index >= 15 is 0 Å². The van der Waals surface area contributed by atoms with Crippen LogP contribution in [-0.4, -0.2) is 18.8 Å². The number of ether oxygens (including phenoxy) is 1. The second-order valence-corrected chi connectivity index (χ2v) is 6.18. The summed E-state index contributed by atoms with van der Waals surface area (Å²) in [6.07, 6.45) is 0.821. The molecule has 0 saturated carbocycles. The minimum Gasteiger partial charge on any atom is -0.497 e. The van der Waals surface area contributed by atoms with Crippen molar-refractivity contribution in [3.63, 3.8) is 0 Å². The summed E-state index contributed by atoms with van der Waals surface area (Å²) in [5, 5.41) is 8.12. The normalized spacial score (nSPS) is 10.2. The third-order valence-corrected chi connectivity index (χ3v) is 4.32. The van der Waals surface area contributed by atoms with Gasteiger partial charge >= 0.3 is 0 Å². The molecule has 2 aromatic rings. The van der Waals surface area contributed by atoms with Crippen molar-refractivity contribution in [3.8, 4) is 5.75 Å². The molecule has 2 N–H and O–H groups in total. The molecule has 0 aromatic heterocycles. The standard InChI is InChI=1S/C17H18Cl2N2OS/c1-22-14-5-2-13(3-6-14)11-21-17(23)20-9-8-12-4-7-15(18)16(19)10-12/h2-7,10H,8-9,11H2,1H3,(H2,20,21,23). The Balaban J connectivity index is 1.71. The van der Waals surface area contributed by atoms with E-state index in [-0.39, 0.29) is 0 Å². The highest BCUT2D eigenvalue weighted by molar-refractivity contribution is 7.80. The fourth-order valence-electron chi connectivity index (χ4n) is 2.00. The molecule has 0 aliphatic heterocycles. The molecule has 0 amide bonds. The number of nitrogens with one attached hydrogen (secondary N) is 2. The van der Waals surface area contributed by atoms with E-state index in [1.54, 1.807) is 13.2 Å². The first-order valence-corrected chi connectivity index (χ1v) is 8.33. The molecule has 0 aliphatic carbocycles. The summed E-state index contributed by atoms with van der Waals surface area (Å²) in [6.45, 7) is 1.40. The van der Waals surface area contributed by atoms with E-state index in [0.717, 1.165) is 29.8 Å². The lowest BCUT2D eigenvalue weighted by atomic mass is 10.1. The van der Waals surface area contributed by atoms with Crippen LogP contribution in [0.3, 0.4) is 0 Å².